The third-order valence-electron chi connectivity index (χ3n) is 2.29. The Bertz CT molecular complexity index is 583. The van der Waals surface area contributed by atoms with Gasteiger partial charge >= 0.3 is 5.97 Å². The van der Waals surface area contributed by atoms with E-state index in [-0.39, 0.29) is 18.7 Å². The number of rotatable bonds is 4. The highest BCUT2D eigenvalue weighted by Crippen LogP contribution is 2.17. The number of aromatic amines is 1. The van der Waals surface area contributed by atoms with Crippen LogP contribution in [-0.4, -0.2) is 26.3 Å². The van der Waals surface area contributed by atoms with E-state index in [0.29, 0.717) is 11.4 Å². The van der Waals surface area contributed by atoms with E-state index in [2.05, 4.69) is 15.2 Å². The molecule has 18 heavy (non-hydrogen) atoms. The van der Waals surface area contributed by atoms with E-state index in [9.17, 15) is 13.6 Å². The van der Waals surface area contributed by atoms with Gasteiger partial charge in [-0.1, -0.05) is 0 Å². The van der Waals surface area contributed by atoms with Crippen molar-refractivity contribution in [2.24, 2.45) is 0 Å². The first-order chi connectivity index (χ1) is 8.56. The summed E-state index contributed by atoms with van der Waals surface area (Å²) in [6.45, 7) is 0. The van der Waals surface area contributed by atoms with E-state index in [1.807, 2.05) is 0 Å². The predicted octanol–water partition coefficient (Wildman–Crippen LogP) is 1.77. The maximum atomic E-state index is 13.0. The highest BCUT2D eigenvalue weighted by Gasteiger charge is 2.10. The first-order valence-electron chi connectivity index (χ1n) is 5.15. The molecule has 0 fully saturated rings. The lowest BCUT2D eigenvalue weighted by molar-refractivity contribution is -0.137. The summed E-state index contributed by atoms with van der Waals surface area (Å²) in [5, 5.41) is 14.9. The minimum absolute atomic E-state index is 0.0770. The van der Waals surface area contributed by atoms with E-state index < -0.39 is 17.6 Å². The molecule has 2 rings (SSSR count). The van der Waals surface area contributed by atoms with E-state index >= 15 is 0 Å². The third-order valence-corrected chi connectivity index (χ3v) is 2.29. The summed E-state index contributed by atoms with van der Waals surface area (Å²) in [4.78, 5) is 14.4. The van der Waals surface area contributed by atoms with Crippen LogP contribution in [0.4, 0.5) is 8.78 Å². The zero-order valence-electron chi connectivity index (χ0n) is 9.15. The highest BCUT2D eigenvalue weighted by molar-refractivity contribution is 5.66. The van der Waals surface area contributed by atoms with Crippen LogP contribution < -0.4 is 0 Å². The Balaban J connectivity index is 2.18. The summed E-state index contributed by atoms with van der Waals surface area (Å²) in [6, 6.07) is 3.32. The van der Waals surface area contributed by atoms with Crippen molar-refractivity contribution in [3.05, 3.63) is 35.7 Å². The number of nitrogens with one attached hydrogen (secondary N) is 1. The van der Waals surface area contributed by atoms with Crippen LogP contribution in [0.15, 0.2) is 18.2 Å². The largest absolute Gasteiger partial charge is 0.481 e. The highest BCUT2D eigenvalue weighted by atomic mass is 19.2. The average molecular weight is 253 g/mol. The molecule has 0 radical (unpaired) electrons. The number of hydrogen-bond donors (Lipinski definition) is 2. The molecular weight excluding hydrogens is 244 g/mol. The van der Waals surface area contributed by atoms with Gasteiger partial charge in [-0.15, -0.1) is 0 Å². The van der Waals surface area contributed by atoms with Gasteiger partial charge in [0.05, 0.1) is 6.42 Å². The van der Waals surface area contributed by atoms with E-state index in [1.165, 1.54) is 6.07 Å². The number of carbonyl (C=O) groups is 1. The first-order valence-corrected chi connectivity index (χ1v) is 5.15. The van der Waals surface area contributed by atoms with Crippen LogP contribution in [0.1, 0.15) is 12.2 Å². The van der Waals surface area contributed by atoms with Gasteiger partial charge in [-0.05, 0) is 18.2 Å². The zero-order valence-corrected chi connectivity index (χ0v) is 9.15. The normalized spacial score (nSPS) is 10.6. The summed E-state index contributed by atoms with van der Waals surface area (Å²) >= 11 is 0. The number of H-pyrrole nitrogens is 1. The molecule has 2 N–H and O–H groups in total. The van der Waals surface area contributed by atoms with Crippen molar-refractivity contribution in [3.8, 4) is 11.4 Å². The fourth-order valence-electron chi connectivity index (χ4n) is 1.40. The minimum Gasteiger partial charge on any atom is -0.481 e. The molecule has 1 aromatic heterocycles. The second kappa shape index (κ2) is 4.91. The molecule has 0 aliphatic heterocycles. The number of halogens is 2. The van der Waals surface area contributed by atoms with Crippen LogP contribution in [0.2, 0.25) is 0 Å². The van der Waals surface area contributed by atoms with E-state index in [1.54, 1.807) is 0 Å². The van der Waals surface area contributed by atoms with Crippen LogP contribution in [0.3, 0.4) is 0 Å². The lowest BCUT2D eigenvalue weighted by atomic mass is 10.2. The number of aryl methyl sites for hydroxylation is 1. The third kappa shape index (κ3) is 2.68. The molecular formula is C11H9F2N3O2. The summed E-state index contributed by atoms with van der Waals surface area (Å²) in [5.41, 5.74) is 0.326. The van der Waals surface area contributed by atoms with Gasteiger partial charge in [0.25, 0.3) is 0 Å². The van der Waals surface area contributed by atoms with Gasteiger partial charge in [-0.3, -0.25) is 9.89 Å². The van der Waals surface area contributed by atoms with Gasteiger partial charge in [0.2, 0.25) is 0 Å². The molecule has 0 unspecified atom stereocenters. The lowest BCUT2D eigenvalue weighted by Gasteiger charge is -1.96. The van der Waals surface area contributed by atoms with Crippen molar-refractivity contribution in [1.82, 2.24) is 15.2 Å². The van der Waals surface area contributed by atoms with Crippen molar-refractivity contribution in [1.29, 1.82) is 0 Å². The SMILES string of the molecule is O=C(O)CCc1nc(-c2ccc(F)c(F)c2)n[nH]1. The Labute approximate surface area is 100 Å². The van der Waals surface area contributed by atoms with Crippen LogP contribution >= 0.6 is 0 Å². The van der Waals surface area contributed by atoms with Crippen LogP contribution in [0, 0.1) is 11.6 Å². The summed E-state index contributed by atoms with van der Waals surface area (Å²) in [6.07, 6.45) is 0.123. The molecule has 0 saturated carbocycles. The van der Waals surface area contributed by atoms with Gasteiger partial charge in [0.15, 0.2) is 17.5 Å². The Kier molecular flexibility index (Phi) is 3.31. The number of benzene rings is 1. The molecule has 0 saturated heterocycles. The molecule has 0 bridgehead atoms. The molecule has 0 aliphatic carbocycles. The Morgan fingerprint density at radius 1 is 1.33 bits per heavy atom. The fourth-order valence-corrected chi connectivity index (χ4v) is 1.40. The Morgan fingerprint density at radius 3 is 2.78 bits per heavy atom. The monoisotopic (exact) mass is 253 g/mol. The summed E-state index contributed by atoms with van der Waals surface area (Å²) in [5.74, 6) is -2.28. The molecule has 0 aliphatic rings. The number of nitrogens with zero attached hydrogens (tertiary/aromatic N) is 2. The van der Waals surface area contributed by atoms with Crippen LogP contribution in [0.5, 0.6) is 0 Å². The number of aliphatic carboxylic acids is 1. The second-order valence-electron chi connectivity index (χ2n) is 3.63. The second-order valence-corrected chi connectivity index (χ2v) is 3.63. The average Bonchev–Trinajstić information content (AvgIpc) is 2.79. The predicted molar refractivity (Wildman–Crippen MR) is 57.7 cm³/mol. The minimum atomic E-state index is -0.982. The topological polar surface area (TPSA) is 78.9 Å². The van der Waals surface area contributed by atoms with Crippen molar-refractivity contribution in [2.75, 3.05) is 0 Å². The van der Waals surface area contributed by atoms with Crippen molar-refractivity contribution in [3.63, 3.8) is 0 Å². The molecule has 5 nitrogen and oxygen atoms in total. The molecule has 1 heterocycles. The number of carboxylic acid groups (broad SMARTS) is 1. The Morgan fingerprint density at radius 2 is 2.11 bits per heavy atom. The van der Waals surface area contributed by atoms with Crippen LogP contribution in [0.25, 0.3) is 11.4 Å². The standard InChI is InChI=1S/C11H9F2N3O2/c12-7-2-1-6(5-8(7)13)11-14-9(15-16-11)3-4-10(17)18/h1-2,5H,3-4H2,(H,17,18)(H,14,15,16). The molecule has 2 aromatic rings. The smallest absolute Gasteiger partial charge is 0.303 e. The van der Waals surface area contributed by atoms with Crippen molar-refractivity contribution >= 4 is 5.97 Å². The van der Waals surface area contributed by atoms with E-state index in [0.717, 1.165) is 12.1 Å². The van der Waals surface area contributed by atoms with Gasteiger partial charge in [-0.25, -0.2) is 13.8 Å². The maximum Gasteiger partial charge on any atom is 0.303 e. The Hall–Kier alpha value is -2.31. The van der Waals surface area contributed by atoms with Gasteiger partial charge in [0.1, 0.15) is 5.82 Å². The lowest BCUT2D eigenvalue weighted by Crippen LogP contribution is -1.98. The quantitative estimate of drug-likeness (QED) is 0.870. The van der Waals surface area contributed by atoms with Gasteiger partial charge < -0.3 is 5.11 Å². The molecule has 0 amide bonds. The molecule has 94 valence electrons. The summed E-state index contributed by atoms with van der Waals surface area (Å²) < 4.78 is 25.7. The fraction of sp³-hybridized carbons (Fsp3) is 0.182. The van der Waals surface area contributed by atoms with Crippen molar-refractivity contribution < 1.29 is 18.7 Å². The molecule has 1 aromatic carbocycles. The molecule has 7 heteroatoms. The van der Waals surface area contributed by atoms with Crippen molar-refractivity contribution in [2.45, 2.75) is 12.8 Å². The number of carboxylic acids is 1. The van der Waals surface area contributed by atoms with Gasteiger partial charge in [0, 0.05) is 12.0 Å². The number of aromatic nitrogens is 3. The van der Waals surface area contributed by atoms with Crippen LogP contribution in [-0.2, 0) is 11.2 Å². The first kappa shape index (κ1) is 12.2. The summed E-state index contributed by atoms with van der Waals surface area (Å²) in [7, 11) is 0. The molecule has 0 atom stereocenters. The maximum absolute atomic E-state index is 13.0. The molecule has 0 spiro atoms. The number of hydrogen-bond acceptors (Lipinski definition) is 3. The van der Waals surface area contributed by atoms with E-state index in [4.69, 9.17) is 5.11 Å². The van der Waals surface area contributed by atoms with Gasteiger partial charge in [-0.2, -0.15) is 5.10 Å². The zero-order chi connectivity index (χ0) is 13.1.